The number of aromatic nitrogens is 1. The molecule has 0 saturated carbocycles. The lowest BCUT2D eigenvalue weighted by Gasteiger charge is -2.46. The summed E-state index contributed by atoms with van der Waals surface area (Å²) in [5.41, 5.74) is 0.589. The Labute approximate surface area is 157 Å². The maximum absolute atomic E-state index is 12.8. The summed E-state index contributed by atoms with van der Waals surface area (Å²) in [7, 11) is 1.73. The molecule has 2 fully saturated rings. The van der Waals surface area contributed by atoms with Crippen LogP contribution in [0.1, 0.15) is 29.8 Å². The minimum absolute atomic E-state index is 0.0766. The van der Waals surface area contributed by atoms with Gasteiger partial charge < -0.3 is 19.4 Å². The van der Waals surface area contributed by atoms with E-state index in [1.165, 1.54) is 0 Å². The molecule has 1 atom stereocenters. The first-order chi connectivity index (χ1) is 13.0. The topological polar surface area (TPSA) is 86.9 Å². The van der Waals surface area contributed by atoms with E-state index in [9.17, 15) is 14.7 Å². The monoisotopic (exact) mass is 369 g/mol. The molecule has 3 heterocycles. The van der Waals surface area contributed by atoms with Gasteiger partial charge in [0, 0.05) is 38.3 Å². The second-order valence-corrected chi connectivity index (χ2v) is 7.56. The summed E-state index contributed by atoms with van der Waals surface area (Å²) in [5, 5.41) is 14.0. The third kappa shape index (κ3) is 3.23. The Morgan fingerprint density at radius 1 is 1.26 bits per heavy atom. The number of hydrogen-bond donors (Lipinski definition) is 1. The molecule has 2 amide bonds. The first-order valence-corrected chi connectivity index (χ1v) is 9.24. The molecule has 7 nitrogen and oxygen atoms in total. The summed E-state index contributed by atoms with van der Waals surface area (Å²) in [6.07, 6.45) is 1.09. The lowest BCUT2D eigenvalue weighted by atomic mass is 9.71. The maximum atomic E-state index is 12.8. The SMILES string of the molecule is CN1CC(O)CC2(CCN(C(=O)c3cc(-c4ccccc4)on3)CC2)C1=O. The molecule has 0 aliphatic carbocycles. The standard InChI is InChI=1S/C20H23N3O4/c1-22-13-15(24)12-20(19(22)26)7-9-23(10-8-20)18(25)16-11-17(27-21-16)14-5-3-2-4-6-14/h2-6,11,15,24H,7-10,12-13H2,1H3. The molecule has 1 aromatic heterocycles. The molecule has 1 aromatic carbocycles. The highest BCUT2D eigenvalue weighted by Gasteiger charge is 2.48. The fraction of sp³-hybridized carbons (Fsp3) is 0.450. The van der Waals surface area contributed by atoms with Crippen molar-refractivity contribution in [3.8, 4) is 11.3 Å². The Hall–Kier alpha value is -2.67. The number of amides is 2. The number of nitrogens with zero attached hydrogens (tertiary/aromatic N) is 3. The van der Waals surface area contributed by atoms with Crippen molar-refractivity contribution in [2.45, 2.75) is 25.4 Å². The predicted molar refractivity (Wildman–Crippen MR) is 97.8 cm³/mol. The second-order valence-electron chi connectivity index (χ2n) is 7.56. The largest absolute Gasteiger partial charge is 0.391 e. The van der Waals surface area contributed by atoms with Crippen molar-refractivity contribution in [2.75, 3.05) is 26.7 Å². The van der Waals surface area contributed by atoms with Crippen molar-refractivity contribution < 1.29 is 19.2 Å². The van der Waals surface area contributed by atoms with Crippen LogP contribution >= 0.6 is 0 Å². The molecular weight excluding hydrogens is 346 g/mol. The molecular formula is C20H23N3O4. The van der Waals surface area contributed by atoms with Gasteiger partial charge in [-0.1, -0.05) is 35.5 Å². The summed E-state index contributed by atoms with van der Waals surface area (Å²) in [5.74, 6) is 0.445. The van der Waals surface area contributed by atoms with Crippen LogP contribution < -0.4 is 0 Å². The van der Waals surface area contributed by atoms with E-state index >= 15 is 0 Å². The number of aliphatic hydroxyl groups is 1. The highest BCUT2D eigenvalue weighted by molar-refractivity contribution is 5.93. The number of rotatable bonds is 2. The van der Waals surface area contributed by atoms with Crippen molar-refractivity contribution in [3.05, 3.63) is 42.1 Å². The van der Waals surface area contributed by atoms with Gasteiger partial charge in [0.25, 0.3) is 5.91 Å². The number of carbonyl (C=O) groups is 2. The third-order valence-corrected chi connectivity index (χ3v) is 5.71. The van der Waals surface area contributed by atoms with Crippen LogP contribution in [0.2, 0.25) is 0 Å². The smallest absolute Gasteiger partial charge is 0.276 e. The molecule has 142 valence electrons. The molecule has 2 aliphatic rings. The molecule has 1 spiro atoms. The van der Waals surface area contributed by atoms with E-state index in [4.69, 9.17) is 4.52 Å². The molecule has 27 heavy (non-hydrogen) atoms. The first kappa shape index (κ1) is 17.7. The molecule has 1 unspecified atom stereocenters. The van der Waals surface area contributed by atoms with Gasteiger partial charge in [0.2, 0.25) is 5.91 Å². The minimum atomic E-state index is -0.553. The molecule has 4 rings (SSSR count). The van der Waals surface area contributed by atoms with Gasteiger partial charge in [0.05, 0.1) is 11.5 Å². The Morgan fingerprint density at radius 3 is 2.67 bits per heavy atom. The maximum Gasteiger partial charge on any atom is 0.276 e. The summed E-state index contributed by atoms with van der Waals surface area (Å²) in [6.45, 7) is 1.32. The number of likely N-dealkylation sites (N-methyl/N-ethyl adjacent to an activating group) is 1. The van der Waals surface area contributed by atoms with Gasteiger partial charge in [0.15, 0.2) is 11.5 Å². The van der Waals surface area contributed by atoms with Crippen LogP contribution in [0.4, 0.5) is 0 Å². The van der Waals surface area contributed by atoms with Gasteiger partial charge in [-0.25, -0.2) is 0 Å². The third-order valence-electron chi connectivity index (χ3n) is 5.71. The van der Waals surface area contributed by atoms with Gasteiger partial charge >= 0.3 is 0 Å². The van der Waals surface area contributed by atoms with Gasteiger partial charge in [-0.2, -0.15) is 0 Å². The zero-order chi connectivity index (χ0) is 19.0. The van der Waals surface area contributed by atoms with E-state index in [2.05, 4.69) is 5.16 Å². The number of β-amino-alcohol motifs (C(OH)–C–C–N with tert-alkyl or cyclic N) is 1. The Bertz CT molecular complexity index is 840. The van der Waals surface area contributed by atoms with Crippen molar-refractivity contribution in [2.24, 2.45) is 5.41 Å². The number of benzene rings is 1. The van der Waals surface area contributed by atoms with E-state index in [-0.39, 0.29) is 17.5 Å². The lowest BCUT2D eigenvalue weighted by molar-refractivity contribution is -0.154. The molecule has 2 aromatic rings. The second kappa shape index (κ2) is 6.81. The molecule has 0 radical (unpaired) electrons. The van der Waals surface area contributed by atoms with Crippen LogP contribution in [-0.2, 0) is 4.79 Å². The predicted octanol–water partition coefficient (Wildman–Crippen LogP) is 1.79. The van der Waals surface area contributed by atoms with Crippen molar-refractivity contribution in [3.63, 3.8) is 0 Å². The lowest BCUT2D eigenvalue weighted by Crippen LogP contribution is -2.56. The fourth-order valence-corrected chi connectivity index (χ4v) is 4.24. The zero-order valence-electron chi connectivity index (χ0n) is 15.3. The Balaban J connectivity index is 1.45. The highest BCUT2D eigenvalue weighted by atomic mass is 16.5. The highest BCUT2D eigenvalue weighted by Crippen LogP contribution is 2.40. The quantitative estimate of drug-likeness (QED) is 0.872. The summed E-state index contributed by atoms with van der Waals surface area (Å²) >= 11 is 0. The Kier molecular flexibility index (Phi) is 4.47. The molecule has 2 saturated heterocycles. The van der Waals surface area contributed by atoms with Crippen LogP contribution in [0.3, 0.4) is 0 Å². The van der Waals surface area contributed by atoms with Crippen LogP contribution in [0.15, 0.2) is 40.9 Å². The van der Waals surface area contributed by atoms with Crippen molar-refractivity contribution in [1.29, 1.82) is 0 Å². The number of carbonyl (C=O) groups excluding carboxylic acids is 2. The molecule has 2 aliphatic heterocycles. The van der Waals surface area contributed by atoms with Crippen LogP contribution in [-0.4, -0.2) is 64.7 Å². The number of likely N-dealkylation sites (tertiary alicyclic amines) is 2. The molecule has 1 N–H and O–H groups in total. The fourth-order valence-electron chi connectivity index (χ4n) is 4.24. The Morgan fingerprint density at radius 2 is 1.96 bits per heavy atom. The first-order valence-electron chi connectivity index (χ1n) is 9.24. The summed E-state index contributed by atoms with van der Waals surface area (Å²) in [6, 6.07) is 11.2. The van der Waals surface area contributed by atoms with Crippen LogP contribution in [0.5, 0.6) is 0 Å². The zero-order valence-corrected chi connectivity index (χ0v) is 15.3. The van der Waals surface area contributed by atoms with Gasteiger partial charge in [0.1, 0.15) is 0 Å². The number of hydrogen-bond acceptors (Lipinski definition) is 5. The van der Waals surface area contributed by atoms with Crippen LogP contribution in [0.25, 0.3) is 11.3 Å². The normalized spacial score (nSPS) is 22.3. The molecule has 0 bridgehead atoms. The van der Waals surface area contributed by atoms with E-state index in [1.54, 1.807) is 22.9 Å². The minimum Gasteiger partial charge on any atom is -0.391 e. The van der Waals surface area contributed by atoms with Crippen molar-refractivity contribution >= 4 is 11.8 Å². The van der Waals surface area contributed by atoms with E-state index in [0.717, 1.165) is 5.56 Å². The number of aliphatic hydroxyl groups excluding tert-OH is 1. The average molecular weight is 369 g/mol. The average Bonchev–Trinajstić information content (AvgIpc) is 3.17. The number of piperidine rings is 2. The van der Waals surface area contributed by atoms with E-state index in [1.807, 2.05) is 30.3 Å². The van der Waals surface area contributed by atoms with Gasteiger partial charge in [-0.3, -0.25) is 9.59 Å². The molecule has 7 heteroatoms. The van der Waals surface area contributed by atoms with E-state index in [0.29, 0.717) is 44.7 Å². The summed E-state index contributed by atoms with van der Waals surface area (Å²) < 4.78 is 5.33. The van der Waals surface area contributed by atoms with Gasteiger partial charge in [-0.05, 0) is 19.3 Å². The van der Waals surface area contributed by atoms with Crippen molar-refractivity contribution in [1.82, 2.24) is 15.0 Å². The van der Waals surface area contributed by atoms with Crippen LogP contribution in [0, 0.1) is 5.41 Å². The van der Waals surface area contributed by atoms with Gasteiger partial charge in [-0.15, -0.1) is 0 Å². The summed E-state index contributed by atoms with van der Waals surface area (Å²) in [4.78, 5) is 28.7. The van der Waals surface area contributed by atoms with E-state index < -0.39 is 11.5 Å².